The van der Waals surface area contributed by atoms with Gasteiger partial charge in [-0.3, -0.25) is 0 Å². The highest BCUT2D eigenvalue weighted by atomic mass is 15.1. The van der Waals surface area contributed by atoms with Gasteiger partial charge in [0.2, 0.25) is 0 Å². The molecule has 10 aromatic rings. The Bertz CT molecular complexity index is 3220. The Balaban J connectivity index is 1.15. The molecular weight excluding hydrogens is 723 g/mol. The largest absolute Gasteiger partial charge is 0.310 e. The van der Waals surface area contributed by atoms with Crippen LogP contribution in [0, 0.1) is 0 Å². The van der Waals surface area contributed by atoms with Crippen LogP contribution in [0.4, 0.5) is 17.1 Å². The summed E-state index contributed by atoms with van der Waals surface area (Å²) in [6, 6.07) is 87.6. The molecule has 1 heteroatoms. The van der Waals surface area contributed by atoms with Crippen molar-refractivity contribution in [3.8, 4) is 55.6 Å². The van der Waals surface area contributed by atoms with Crippen molar-refractivity contribution < 1.29 is 0 Å². The lowest BCUT2D eigenvalue weighted by atomic mass is 9.67. The number of fused-ring (bicyclic) bond motifs is 12. The number of anilines is 3. The maximum absolute atomic E-state index is 2.49. The lowest BCUT2D eigenvalue weighted by Crippen LogP contribution is -2.28. The van der Waals surface area contributed by atoms with Gasteiger partial charge in [-0.1, -0.05) is 206 Å². The Labute approximate surface area is 351 Å². The van der Waals surface area contributed by atoms with Crippen molar-refractivity contribution in [2.45, 2.75) is 5.41 Å². The van der Waals surface area contributed by atoms with Crippen LogP contribution in [0.2, 0.25) is 0 Å². The monoisotopic (exact) mass is 761 g/mol. The fourth-order valence-electron chi connectivity index (χ4n) is 10.4. The van der Waals surface area contributed by atoms with Gasteiger partial charge in [0.25, 0.3) is 0 Å². The molecule has 0 heterocycles. The van der Waals surface area contributed by atoms with E-state index >= 15 is 0 Å². The molecule has 0 aromatic heterocycles. The summed E-state index contributed by atoms with van der Waals surface area (Å²) in [7, 11) is 0. The maximum Gasteiger partial charge on any atom is 0.0714 e. The molecule has 60 heavy (non-hydrogen) atoms. The number of benzene rings is 10. The fraction of sp³-hybridized carbons (Fsp3) is 0.0169. The molecule has 0 fully saturated rings. The molecule has 12 rings (SSSR count). The van der Waals surface area contributed by atoms with Gasteiger partial charge in [-0.25, -0.2) is 0 Å². The third-order valence-electron chi connectivity index (χ3n) is 12.9. The Morgan fingerprint density at radius 3 is 1.28 bits per heavy atom. The van der Waals surface area contributed by atoms with E-state index in [1.807, 2.05) is 0 Å². The molecule has 0 radical (unpaired) electrons. The molecule has 0 saturated heterocycles. The maximum atomic E-state index is 2.49. The first-order valence-corrected chi connectivity index (χ1v) is 20.8. The average molecular weight is 762 g/mol. The van der Waals surface area contributed by atoms with Crippen molar-refractivity contribution in [2.24, 2.45) is 0 Å². The van der Waals surface area contributed by atoms with Gasteiger partial charge in [0.05, 0.1) is 11.1 Å². The molecule has 0 aliphatic heterocycles. The second-order valence-corrected chi connectivity index (χ2v) is 16.0. The molecule has 280 valence electrons. The second-order valence-electron chi connectivity index (χ2n) is 16.0. The van der Waals surface area contributed by atoms with E-state index in [2.05, 4.69) is 241 Å². The Morgan fingerprint density at radius 1 is 0.267 bits per heavy atom. The summed E-state index contributed by atoms with van der Waals surface area (Å²) in [4.78, 5) is 2.49. The summed E-state index contributed by atoms with van der Waals surface area (Å²) < 4.78 is 0. The number of hydrogen-bond donors (Lipinski definition) is 0. The van der Waals surface area contributed by atoms with Crippen LogP contribution < -0.4 is 4.90 Å². The van der Waals surface area contributed by atoms with Gasteiger partial charge in [0.1, 0.15) is 0 Å². The first kappa shape index (κ1) is 34.3. The quantitative estimate of drug-likeness (QED) is 0.169. The van der Waals surface area contributed by atoms with Crippen molar-refractivity contribution >= 4 is 27.8 Å². The zero-order valence-electron chi connectivity index (χ0n) is 33.0. The van der Waals surface area contributed by atoms with Crippen LogP contribution in [0.25, 0.3) is 66.4 Å². The summed E-state index contributed by atoms with van der Waals surface area (Å²) in [6.45, 7) is 0. The van der Waals surface area contributed by atoms with E-state index < -0.39 is 5.41 Å². The number of nitrogens with zero attached hydrogens (tertiary/aromatic N) is 1. The molecule has 10 aromatic carbocycles. The standard InChI is InChI=1S/C59H39N/c1-3-20-41(21-4-1)59(42-22-5-2-6-23-42)56-32-16-15-31-53(56)54-37-35-44(39-57(54)59)60(58-33-17-19-40-18-7-8-24-45(40)58)43-34-36-52-50-29-12-11-27-48(50)46-25-9-10-26-47(46)49-28-13-14-30-51(49)55(52)38-43/h1-39H. The minimum absolute atomic E-state index is 0.517. The smallest absolute Gasteiger partial charge is 0.0714 e. The first-order valence-electron chi connectivity index (χ1n) is 20.8. The third-order valence-corrected chi connectivity index (χ3v) is 12.9. The molecule has 0 unspecified atom stereocenters. The summed E-state index contributed by atoms with van der Waals surface area (Å²) >= 11 is 0. The molecule has 1 nitrogen and oxygen atoms in total. The SMILES string of the molecule is c1ccc(C2(c3ccccc3)c3ccccc3-c3ccc(N(c4ccc5c(c4)-c4ccccc4-c4ccccc4-c4ccccc4-5)c4cccc5ccccc45)cc32)cc1. The van der Waals surface area contributed by atoms with E-state index in [-0.39, 0.29) is 0 Å². The minimum atomic E-state index is -0.517. The van der Waals surface area contributed by atoms with E-state index in [1.165, 1.54) is 88.7 Å². The highest BCUT2D eigenvalue weighted by molar-refractivity contribution is 6.05. The second kappa shape index (κ2) is 13.7. The van der Waals surface area contributed by atoms with Gasteiger partial charge < -0.3 is 4.90 Å². The zero-order valence-corrected chi connectivity index (χ0v) is 33.0. The summed E-state index contributed by atoms with van der Waals surface area (Å²) in [5, 5.41) is 2.41. The van der Waals surface area contributed by atoms with Crippen molar-refractivity contribution in [2.75, 3.05) is 4.90 Å². The molecular formula is C59H39N. The van der Waals surface area contributed by atoms with Gasteiger partial charge in [-0.2, -0.15) is 0 Å². The molecule has 2 aliphatic rings. The molecule has 0 bridgehead atoms. The Hall–Kier alpha value is -7.74. The van der Waals surface area contributed by atoms with Crippen molar-refractivity contribution in [3.05, 3.63) is 259 Å². The van der Waals surface area contributed by atoms with Crippen LogP contribution in [0.3, 0.4) is 0 Å². The normalized spacial score (nSPS) is 12.8. The van der Waals surface area contributed by atoms with Crippen LogP contribution in [-0.2, 0) is 5.41 Å². The predicted molar refractivity (Wildman–Crippen MR) is 251 cm³/mol. The molecule has 0 atom stereocenters. The molecule has 0 saturated carbocycles. The minimum Gasteiger partial charge on any atom is -0.310 e. The van der Waals surface area contributed by atoms with Crippen molar-refractivity contribution in [1.82, 2.24) is 0 Å². The Morgan fingerprint density at radius 2 is 0.683 bits per heavy atom. The molecule has 2 aliphatic carbocycles. The summed E-state index contributed by atoms with van der Waals surface area (Å²) in [5.74, 6) is 0. The highest BCUT2D eigenvalue weighted by Gasteiger charge is 2.46. The summed E-state index contributed by atoms with van der Waals surface area (Å²) in [6.07, 6.45) is 0. The van der Waals surface area contributed by atoms with Gasteiger partial charge in [-0.05, 0) is 114 Å². The van der Waals surface area contributed by atoms with E-state index in [9.17, 15) is 0 Å². The lowest BCUT2D eigenvalue weighted by Gasteiger charge is -2.35. The molecule has 0 spiro atoms. The highest BCUT2D eigenvalue weighted by Crippen LogP contribution is 2.58. The van der Waals surface area contributed by atoms with E-state index in [0.717, 1.165) is 17.1 Å². The predicted octanol–water partition coefficient (Wildman–Crippen LogP) is 15.7. The zero-order chi connectivity index (χ0) is 39.6. The fourth-order valence-corrected chi connectivity index (χ4v) is 10.4. The van der Waals surface area contributed by atoms with Crippen LogP contribution >= 0.6 is 0 Å². The van der Waals surface area contributed by atoms with E-state index in [0.29, 0.717) is 0 Å². The van der Waals surface area contributed by atoms with Gasteiger partial charge in [0.15, 0.2) is 0 Å². The van der Waals surface area contributed by atoms with Crippen molar-refractivity contribution in [1.29, 1.82) is 0 Å². The van der Waals surface area contributed by atoms with E-state index in [4.69, 9.17) is 0 Å². The number of hydrogen-bond acceptors (Lipinski definition) is 1. The van der Waals surface area contributed by atoms with E-state index in [1.54, 1.807) is 0 Å². The third kappa shape index (κ3) is 5.06. The van der Waals surface area contributed by atoms with Crippen LogP contribution in [0.5, 0.6) is 0 Å². The topological polar surface area (TPSA) is 3.24 Å². The van der Waals surface area contributed by atoms with Crippen LogP contribution in [0.1, 0.15) is 22.3 Å². The number of rotatable bonds is 5. The van der Waals surface area contributed by atoms with Gasteiger partial charge >= 0.3 is 0 Å². The molecule has 0 amide bonds. The van der Waals surface area contributed by atoms with Crippen LogP contribution in [0.15, 0.2) is 237 Å². The average Bonchev–Trinajstić information content (AvgIpc) is 3.62. The molecule has 0 N–H and O–H groups in total. The Kier molecular flexibility index (Phi) is 7.83. The van der Waals surface area contributed by atoms with Crippen molar-refractivity contribution in [3.63, 3.8) is 0 Å². The van der Waals surface area contributed by atoms with Gasteiger partial charge in [0, 0.05) is 16.8 Å². The first-order chi connectivity index (χ1) is 29.8. The van der Waals surface area contributed by atoms with Gasteiger partial charge in [-0.15, -0.1) is 0 Å². The summed E-state index contributed by atoms with van der Waals surface area (Å²) in [5.41, 5.74) is 20.4. The lowest BCUT2D eigenvalue weighted by molar-refractivity contribution is 0.768. The van der Waals surface area contributed by atoms with Crippen LogP contribution in [-0.4, -0.2) is 0 Å².